The van der Waals surface area contributed by atoms with Crippen LogP contribution in [-0.2, 0) is 27.2 Å². The molecule has 0 radical (unpaired) electrons. The fourth-order valence-electron chi connectivity index (χ4n) is 4.61. The summed E-state index contributed by atoms with van der Waals surface area (Å²) in [5.41, 5.74) is 3.78. The second kappa shape index (κ2) is 13.2. The number of para-hydroxylation sites is 1. The minimum atomic E-state index is -0.675. The van der Waals surface area contributed by atoms with Gasteiger partial charge < -0.3 is 10.6 Å². The van der Waals surface area contributed by atoms with Gasteiger partial charge in [0.15, 0.2) is 5.17 Å². The Hall–Kier alpha value is -4.24. The number of carbonyl (C=O) groups is 3. The number of rotatable bonds is 11. The molecule has 2 aliphatic rings. The van der Waals surface area contributed by atoms with Crippen molar-refractivity contribution in [2.75, 3.05) is 18.8 Å². The third-order valence-corrected chi connectivity index (χ3v) is 7.62. The van der Waals surface area contributed by atoms with Crippen LogP contribution < -0.4 is 10.6 Å². The monoisotopic (exact) mass is 553 g/mol. The molecule has 3 aromatic rings. The van der Waals surface area contributed by atoms with Gasteiger partial charge in [-0.2, -0.15) is 0 Å². The van der Waals surface area contributed by atoms with Gasteiger partial charge in [0.2, 0.25) is 11.8 Å². The quantitative estimate of drug-likeness (QED) is 0.376. The van der Waals surface area contributed by atoms with Gasteiger partial charge in [-0.15, -0.1) is 0 Å². The van der Waals surface area contributed by atoms with Gasteiger partial charge in [0, 0.05) is 25.1 Å². The van der Waals surface area contributed by atoms with Crippen LogP contribution >= 0.6 is 11.8 Å². The standard InChI is InChI=1S/C31H31N5O3S/c37-27(32-19-17-22-9-3-1-4-10-22)16-15-26-30(39)36-29(34-26)24-13-7-8-14-25(24)35-31(36)40-21-28(38)33-20-18-23-11-5-2-6-12-23/h1-14,26H,15-21H2,(H,32,37)(H,33,38)/t26-/m0/s1. The molecule has 40 heavy (non-hydrogen) atoms. The summed E-state index contributed by atoms with van der Waals surface area (Å²) >= 11 is 1.21. The Labute approximate surface area is 238 Å². The topological polar surface area (TPSA) is 103 Å². The Morgan fingerprint density at radius 3 is 2.08 bits per heavy atom. The van der Waals surface area contributed by atoms with Crippen molar-refractivity contribution < 1.29 is 14.4 Å². The van der Waals surface area contributed by atoms with E-state index >= 15 is 0 Å². The number of nitrogens with zero attached hydrogens (tertiary/aromatic N) is 3. The molecule has 2 heterocycles. The Balaban J connectivity index is 1.16. The van der Waals surface area contributed by atoms with E-state index in [0.29, 0.717) is 36.2 Å². The van der Waals surface area contributed by atoms with E-state index < -0.39 is 6.04 Å². The van der Waals surface area contributed by atoms with Gasteiger partial charge in [-0.1, -0.05) is 84.6 Å². The molecule has 204 valence electrons. The first kappa shape index (κ1) is 27.3. The second-order valence-electron chi connectivity index (χ2n) is 9.55. The summed E-state index contributed by atoms with van der Waals surface area (Å²) in [5, 5.41) is 6.30. The van der Waals surface area contributed by atoms with Gasteiger partial charge in [-0.05, 0) is 42.5 Å². The average molecular weight is 554 g/mol. The van der Waals surface area contributed by atoms with Crippen LogP contribution in [0.4, 0.5) is 5.69 Å². The summed E-state index contributed by atoms with van der Waals surface area (Å²) in [6.07, 6.45) is 1.99. The van der Waals surface area contributed by atoms with E-state index in [0.717, 1.165) is 29.5 Å². The molecule has 0 unspecified atom stereocenters. The van der Waals surface area contributed by atoms with E-state index in [1.165, 1.54) is 16.7 Å². The number of hydrogen-bond donors (Lipinski definition) is 2. The van der Waals surface area contributed by atoms with Crippen LogP contribution in [0.15, 0.2) is 94.9 Å². The van der Waals surface area contributed by atoms with Crippen LogP contribution in [0.25, 0.3) is 0 Å². The molecule has 0 fully saturated rings. The van der Waals surface area contributed by atoms with Crippen molar-refractivity contribution in [2.45, 2.75) is 31.7 Å². The van der Waals surface area contributed by atoms with Crippen molar-refractivity contribution in [3.8, 4) is 0 Å². The number of nitrogens with one attached hydrogen (secondary N) is 2. The molecular weight excluding hydrogens is 522 g/mol. The zero-order valence-electron chi connectivity index (χ0n) is 22.1. The molecule has 2 aliphatic heterocycles. The summed E-state index contributed by atoms with van der Waals surface area (Å²) in [4.78, 5) is 49.3. The summed E-state index contributed by atoms with van der Waals surface area (Å²) in [5.74, 6) is 0.191. The molecule has 2 N–H and O–H groups in total. The van der Waals surface area contributed by atoms with E-state index in [-0.39, 0.29) is 29.9 Å². The second-order valence-corrected chi connectivity index (χ2v) is 10.5. The molecule has 1 atom stereocenters. The number of fused-ring (bicyclic) bond motifs is 3. The van der Waals surface area contributed by atoms with E-state index in [2.05, 4.69) is 15.6 Å². The lowest BCUT2D eigenvalue weighted by atomic mass is 10.1. The zero-order chi connectivity index (χ0) is 27.7. The third-order valence-electron chi connectivity index (χ3n) is 6.68. The van der Waals surface area contributed by atoms with Crippen LogP contribution in [-0.4, -0.2) is 58.5 Å². The first-order valence-electron chi connectivity index (χ1n) is 13.4. The Bertz CT molecular complexity index is 1430. The minimum absolute atomic E-state index is 0.107. The van der Waals surface area contributed by atoms with E-state index in [1.807, 2.05) is 84.9 Å². The molecule has 9 heteroatoms. The Kier molecular flexibility index (Phi) is 9.03. The average Bonchev–Trinajstić information content (AvgIpc) is 3.32. The van der Waals surface area contributed by atoms with E-state index in [9.17, 15) is 14.4 Å². The maximum absolute atomic E-state index is 13.4. The highest BCUT2D eigenvalue weighted by molar-refractivity contribution is 8.14. The predicted octanol–water partition coefficient (Wildman–Crippen LogP) is 3.88. The van der Waals surface area contributed by atoms with Crippen molar-refractivity contribution in [3.05, 3.63) is 102 Å². The highest BCUT2D eigenvalue weighted by Gasteiger charge is 2.41. The largest absolute Gasteiger partial charge is 0.356 e. The molecule has 5 rings (SSSR count). The third kappa shape index (κ3) is 6.84. The Morgan fingerprint density at radius 1 is 0.800 bits per heavy atom. The molecule has 0 saturated carbocycles. The minimum Gasteiger partial charge on any atom is -0.356 e. The van der Waals surface area contributed by atoms with Crippen LogP contribution in [0.5, 0.6) is 0 Å². The van der Waals surface area contributed by atoms with Crippen molar-refractivity contribution >= 4 is 46.2 Å². The van der Waals surface area contributed by atoms with Crippen molar-refractivity contribution in [2.24, 2.45) is 9.98 Å². The van der Waals surface area contributed by atoms with Crippen LogP contribution in [0.2, 0.25) is 0 Å². The van der Waals surface area contributed by atoms with Gasteiger partial charge in [0.05, 0.1) is 11.4 Å². The van der Waals surface area contributed by atoms with Gasteiger partial charge >= 0.3 is 0 Å². The van der Waals surface area contributed by atoms with Gasteiger partial charge in [0.25, 0.3) is 5.91 Å². The molecule has 0 aliphatic carbocycles. The maximum Gasteiger partial charge on any atom is 0.259 e. The molecule has 3 aromatic carbocycles. The summed E-state index contributed by atoms with van der Waals surface area (Å²) in [6, 6.07) is 26.8. The number of thioether (sulfide) groups is 1. The molecule has 0 aromatic heterocycles. The summed E-state index contributed by atoms with van der Waals surface area (Å²) in [6.45, 7) is 1.07. The highest BCUT2D eigenvalue weighted by atomic mass is 32.2. The summed E-state index contributed by atoms with van der Waals surface area (Å²) < 4.78 is 0. The lowest BCUT2D eigenvalue weighted by molar-refractivity contribution is -0.125. The lowest BCUT2D eigenvalue weighted by Gasteiger charge is -2.25. The van der Waals surface area contributed by atoms with Crippen molar-refractivity contribution in [3.63, 3.8) is 0 Å². The molecule has 0 spiro atoms. The smallest absolute Gasteiger partial charge is 0.259 e. The predicted molar refractivity (Wildman–Crippen MR) is 159 cm³/mol. The summed E-state index contributed by atoms with van der Waals surface area (Å²) in [7, 11) is 0. The molecule has 0 bridgehead atoms. The van der Waals surface area contributed by atoms with Gasteiger partial charge in [0.1, 0.15) is 11.9 Å². The van der Waals surface area contributed by atoms with Crippen molar-refractivity contribution in [1.82, 2.24) is 15.5 Å². The number of amidine groups is 2. The van der Waals surface area contributed by atoms with Crippen LogP contribution in [0, 0.1) is 0 Å². The molecule has 8 nitrogen and oxygen atoms in total. The van der Waals surface area contributed by atoms with Gasteiger partial charge in [-0.3, -0.25) is 19.4 Å². The number of aliphatic imine (C=N–C) groups is 2. The SMILES string of the molecule is O=C(CC[C@@H]1N=C2c3ccccc3N=C(SCC(=O)NCCc3ccccc3)N2C1=O)NCCc1ccccc1. The fraction of sp³-hybridized carbons (Fsp3) is 0.258. The first-order chi connectivity index (χ1) is 19.6. The number of hydrogen-bond acceptors (Lipinski definition) is 6. The van der Waals surface area contributed by atoms with Gasteiger partial charge in [-0.25, -0.2) is 9.89 Å². The number of amides is 3. The zero-order valence-corrected chi connectivity index (χ0v) is 22.9. The van der Waals surface area contributed by atoms with E-state index in [1.54, 1.807) is 0 Å². The van der Waals surface area contributed by atoms with E-state index in [4.69, 9.17) is 4.99 Å². The molecular formula is C31H31N5O3S. The normalized spacial score (nSPS) is 15.6. The fourth-order valence-corrected chi connectivity index (χ4v) is 5.44. The maximum atomic E-state index is 13.4. The molecule has 0 saturated heterocycles. The van der Waals surface area contributed by atoms with Crippen molar-refractivity contribution in [1.29, 1.82) is 0 Å². The lowest BCUT2D eigenvalue weighted by Crippen LogP contribution is -2.42. The first-order valence-corrected chi connectivity index (χ1v) is 14.4. The number of carbonyl (C=O) groups excluding carboxylic acids is 3. The van der Waals surface area contributed by atoms with Crippen LogP contribution in [0.3, 0.4) is 0 Å². The highest BCUT2D eigenvalue weighted by Crippen LogP contribution is 2.34. The molecule has 3 amide bonds. The van der Waals surface area contributed by atoms with Crippen LogP contribution in [0.1, 0.15) is 29.5 Å². The Morgan fingerprint density at radius 2 is 1.40 bits per heavy atom. The number of benzene rings is 3.